The molecular formula is C8H10NNaO4S. The third-order valence-corrected chi connectivity index (χ3v) is 1.88. The van der Waals surface area contributed by atoms with Crippen LogP contribution in [0, 0.1) is 0 Å². The van der Waals surface area contributed by atoms with Crippen molar-refractivity contribution in [2.45, 2.75) is 11.8 Å². The molecule has 15 heavy (non-hydrogen) atoms. The van der Waals surface area contributed by atoms with Gasteiger partial charge in [-0.3, -0.25) is 4.79 Å². The quantitative estimate of drug-likeness (QED) is 0.419. The maximum Gasteiger partial charge on any atom is 1.00 e. The zero-order valence-corrected chi connectivity index (χ0v) is 11.3. The number of amides is 1. The Balaban J connectivity index is 0. The van der Waals surface area contributed by atoms with Gasteiger partial charge in [0.15, 0.2) is 0 Å². The summed E-state index contributed by atoms with van der Waals surface area (Å²) in [4.78, 5) is 9.04. The van der Waals surface area contributed by atoms with E-state index in [0.29, 0.717) is 0 Å². The number of carbonyl (C=O) groups is 1. The van der Waals surface area contributed by atoms with Crippen molar-refractivity contribution in [1.29, 1.82) is 0 Å². The van der Waals surface area contributed by atoms with E-state index in [1.807, 2.05) is 0 Å². The molecule has 0 aromatic heterocycles. The summed E-state index contributed by atoms with van der Waals surface area (Å²) < 4.78 is 30.8. The van der Waals surface area contributed by atoms with Crippen LogP contribution < -0.4 is 35.3 Å². The van der Waals surface area contributed by atoms with Crippen molar-refractivity contribution in [3.63, 3.8) is 0 Å². The maximum atomic E-state index is 10.3. The van der Waals surface area contributed by atoms with Crippen molar-refractivity contribution in [3.05, 3.63) is 30.3 Å². The fourth-order valence-electron chi connectivity index (χ4n) is 0.587. The minimum Gasteiger partial charge on any atom is -0.744 e. The fourth-order valence-corrected chi connectivity index (χ4v) is 1.08. The summed E-state index contributed by atoms with van der Waals surface area (Å²) in [7, 11) is -4.25. The average Bonchev–Trinajstić information content (AvgIpc) is 2.03. The summed E-state index contributed by atoms with van der Waals surface area (Å²) in [6.45, 7) is 1.31. The van der Waals surface area contributed by atoms with E-state index in [1.54, 1.807) is 6.07 Å². The van der Waals surface area contributed by atoms with E-state index in [4.69, 9.17) is 0 Å². The van der Waals surface area contributed by atoms with Gasteiger partial charge in [-0.15, -0.1) is 0 Å². The molecule has 0 aliphatic rings. The van der Waals surface area contributed by atoms with Gasteiger partial charge in [0.25, 0.3) is 0 Å². The Morgan fingerprint density at radius 2 is 1.60 bits per heavy atom. The second kappa shape index (κ2) is 7.84. The van der Waals surface area contributed by atoms with E-state index in [-0.39, 0.29) is 40.4 Å². The first kappa shape index (κ1) is 17.0. The normalized spacial score (nSPS) is 9.20. The zero-order chi connectivity index (χ0) is 11.2. The van der Waals surface area contributed by atoms with Gasteiger partial charge in [-0.1, -0.05) is 18.2 Å². The van der Waals surface area contributed by atoms with Crippen LogP contribution in [0.15, 0.2) is 35.2 Å². The monoisotopic (exact) mass is 239 g/mol. The standard InChI is InChI=1S/C6H6O3S.C2H5NO.Na/c7-10(8,9)6-4-2-1-3-5-6;1-2(3)4;/h1-5H,(H,7,8,9);1H3,(H2,3,4);/q;;+1/p-1. The molecular weight excluding hydrogens is 229 g/mol. The van der Waals surface area contributed by atoms with E-state index in [9.17, 15) is 17.8 Å². The largest absolute Gasteiger partial charge is 1.00 e. The Kier molecular flexibility index (Phi) is 8.89. The summed E-state index contributed by atoms with van der Waals surface area (Å²) in [6, 6.07) is 7.19. The van der Waals surface area contributed by atoms with E-state index in [1.165, 1.54) is 31.2 Å². The predicted molar refractivity (Wildman–Crippen MR) is 49.3 cm³/mol. The van der Waals surface area contributed by atoms with Crippen LogP contribution in [0.4, 0.5) is 0 Å². The van der Waals surface area contributed by atoms with E-state index < -0.39 is 10.1 Å². The molecule has 1 aromatic carbocycles. The molecule has 5 nitrogen and oxygen atoms in total. The van der Waals surface area contributed by atoms with Crippen LogP contribution >= 0.6 is 0 Å². The first-order chi connectivity index (χ1) is 6.34. The molecule has 0 unspecified atom stereocenters. The molecule has 1 amide bonds. The summed E-state index contributed by atoms with van der Waals surface area (Å²) in [5.41, 5.74) is 4.47. The summed E-state index contributed by atoms with van der Waals surface area (Å²) in [5.74, 6) is -0.333. The molecule has 0 fully saturated rings. The van der Waals surface area contributed by atoms with Gasteiger partial charge in [0, 0.05) is 6.92 Å². The molecule has 0 saturated carbocycles. The van der Waals surface area contributed by atoms with Gasteiger partial charge in [0.05, 0.1) is 4.90 Å². The minimum absolute atomic E-state index is 0. The van der Waals surface area contributed by atoms with Crippen LogP contribution in [-0.4, -0.2) is 18.9 Å². The zero-order valence-electron chi connectivity index (χ0n) is 8.51. The molecule has 7 heteroatoms. The van der Waals surface area contributed by atoms with Crippen molar-refractivity contribution >= 4 is 16.0 Å². The molecule has 0 aliphatic heterocycles. The molecule has 0 heterocycles. The van der Waals surface area contributed by atoms with Crippen molar-refractivity contribution in [1.82, 2.24) is 0 Å². The summed E-state index contributed by atoms with van der Waals surface area (Å²) in [5, 5.41) is 0. The molecule has 0 radical (unpaired) electrons. The molecule has 0 atom stereocenters. The molecule has 2 N–H and O–H groups in total. The number of rotatable bonds is 1. The molecule has 0 aliphatic carbocycles. The smallest absolute Gasteiger partial charge is 0.744 e. The van der Waals surface area contributed by atoms with Crippen molar-refractivity contribution < 1.29 is 47.3 Å². The second-order valence-electron chi connectivity index (χ2n) is 2.38. The number of hydrogen-bond acceptors (Lipinski definition) is 4. The Morgan fingerprint density at radius 3 is 1.80 bits per heavy atom. The topological polar surface area (TPSA) is 100 Å². The number of nitrogens with two attached hydrogens (primary N) is 1. The van der Waals surface area contributed by atoms with E-state index in [0.717, 1.165) is 0 Å². The van der Waals surface area contributed by atoms with Gasteiger partial charge in [0.2, 0.25) is 5.91 Å². The summed E-state index contributed by atoms with van der Waals surface area (Å²) >= 11 is 0. The molecule has 0 spiro atoms. The molecule has 0 bridgehead atoms. The van der Waals surface area contributed by atoms with Crippen LogP contribution in [0.25, 0.3) is 0 Å². The van der Waals surface area contributed by atoms with Crippen LogP contribution in [0.5, 0.6) is 0 Å². The third kappa shape index (κ3) is 9.89. The van der Waals surface area contributed by atoms with Gasteiger partial charge in [0.1, 0.15) is 10.1 Å². The molecule has 1 aromatic rings. The fraction of sp³-hybridized carbons (Fsp3) is 0.125. The number of hydrogen-bond donors (Lipinski definition) is 1. The van der Waals surface area contributed by atoms with E-state index >= 15 is 0 Å². The number of primary amides is 1. The Hall–Kier alpha value is -0.400. The molecule has 78 valence electrons. The van der Waals surface area contributed by atoms with Gasteiger partial charge in [-0.2, -0.15) is 0 Å². The van der Waals surface area contributed by atoms with Crippen molar-refractivity contribution in [2.75, 3.05) is 0 Å². The minimum atomic E-state index is -4.25. The van der Waals surface area contributed by atoms with Gasteiger partial charge in [-0.05, 0) is 12.1 Å². The second-order valence-corrected chi connectivity index (χ2v) is 3.76. The van der Waals surface area contributed by atoms with Crippen LogP contribution in [0.3, 0.4) is 0 Å². The average molecular weight is 239 g/mol. The SMILES string of the molecule is CC(N)=O.O=S(=O)([O-])c1ccccc1.[Na+]. The first-order valence-corrected chi connectivity index (χ1v) is 5.02. The number of benzene rings is 1. The molecule has 0 saturated heterocycles. The van der Waals surface area contributed by atoms with Gasteiger partial charge < -0.3 is 10.3 Å². The first-order valence-electron chi connectivity index (χ1n) is 3.61. The summed E-state index contributed by atoms with van der Waals surface area (Å²) in [6.07, 6.45) is 0. The Labute approximate surface area is 111 Å². The predicted octanol–water partition coefficient (Wildman–Crippen LogP) is -2.91. The van der Waals surface area contributed by atoms with Crippen LogP contribution in [0.2, 0.25) is 0 Å². The van der Waals surface area contributed by atoms with Gasteiger partial charge in [-0.25, -0.2) is 8.42 Å². The van der Waals surface area contributed by atoms with Crippen LogP contribution in [-0.2, 0) is 14.9 Å². The third-order valence-electron chi connectivity index (χ3n) is 1.03. The Bertz CT molecular complexity index is 386. The number of carbonyl (C=O) groups excluding carboxylic acids is 1. The maximum absolute atomic E-state index is 10.3. The van der Waals surface area contributed by atoms with Crippen molar-refractivity contribution in [3.8, 4) is 0 Å². The van der Waals surface area contributed by atoms with E-state index in [2.05, 4.69) is 5.73 Å². The van der Waals surface area contributed by atoms with Crippen molar-refractivity contribution in [2.24, 2.45) is 5.73 Å². The van der Waals surface area contributed by atoms with Gasteiger partial charge >= 0.3 is 29.6 Å². The van der Waals surface area contributed by atoms with Crippen LogP contribution in [0.1, 0.15) is 6.92 Å². The Morgan fingerprint density at radius 1 is 1.27 bits per heavy atom. The molecule has 1 rings (SSSR count).